The summed E-state index contributed by atoms with van der Waals surface area (Å²) >= 11 is 6.59. The van der Waals surface area contributed by atoms with Crippen LogP contribution in [0.1, 0.15) is 30.0 Å². The maximum Gasteiger partial charge on any atom is 0.160 e. The predicted octanol–water partition coefficient (Wildman–Crippen LogP) is 8.56. The molecular weight excluding hydrogens is 452 g/mol. The van der Waals surface area contributed by atoms with E-state index in [4.69, 9.17) is 26.0 Å². The number of rotatable bonds is 3. The number of furan rings is 1. The lowest BCUT2D eigenvalue weighted by molar-refractivity contribution is 0.669. The van der Waals surface area contributed by atoms with Crippen LogP contribution in [0.5, 0.6) is 0 Å². The Kier molecular flexibility index (Phi) is 5.55. The summed E-state index contributed by atoms with van der Waals surface area (Å²) in [5.41, 5.74) is 6.54. The molecule has 35 heavy (non-hydrogen) atoms. The number of nitrogens with zero attached hydrogens (tertiary/aromatic N) is 2. The number of benzene rings is 4. The van der Waals surface area contributed by atoms with Crippen LogP contribution in [0, 0.1) is 5.92 Å². The molecule has 0 fully saturated rings. The van der Waals surface area contributed by atoms with Crippen molar-refractivity contribution in [2.75, 3.05) is 0 Å². The maximum atomic E-state index is 6.59. The summed E-state index contributed by atoms with van der Waals surface area (Å²) in [6, 6.07) is 32.4. The number of hydrogen-bond donors (Lipinski definition) is 0. The summed E-state index contributed by atoms with van der Waals surface area (Å²) < 4.78 is 6.16. The van der Waals surface area contributed by atoms with Crippen molar-refractivity contribution in [1.82, 2.24) is 0 Å². The fourth-order valence-corrected chi connectivity index (χ4v) is 4.87. The Morgan fingerprint density at radius 3 is 2.23 bits per heavy atom. The Hall–Kier alpha value is -3.95. The molecule has 0 saturated carbocycles. The van der Waals surface area contributed by atoms with E-state index in [0.717, 1.165) is 56.5 Å². The van der Waals surface area contributed by atoms with Gasteiger partial charge in [0.1, 0.15) is 11.2 Å². The fourth-order valence-electron chi connectivity index (χ4n) is 4.67. The molecule has 1 aromatic heterocycles. The number of para-hydroxylation sites is 1. The first-order valence-electron chi connectivity index (χ1n) is 11.8. The first-order valence-corrected chi connectivity index (χ1v) is 12.1. The van der Waals surface area contributed by atoms with Crippen molar-refractivity contribution >= 4 is 50.8 Å². The van der Waals surface area contributed by atoms with Crippen LogP contribution in [0.2, 0.25) is 5.02 Å². The molecule has 3 nitrogen and oxygen atoms in total. The minimum Gasteiger partial charge on any atom is -0.456 e. The van der Waals surface area contributed by atoms with Gasteiger partial charge in [-0.1, -0.05) is 103 Å². The van der Waals surface area contributed by atoms with Gasteiger partial charge in [0.05, 0.1) is 11.4 Å². The van der Waals surface area contributed by atoms with Crippen LogP contribution < -0.4 is 0 Å². The lowest BCUT2D eigenvalue weighted by atomic mass is 9.91. The van der Waals surface area contributed by atoms with E-state index in [2.05, 4.69) is 43.3 Å². The number of allylic oxidation sites excluding steroid dienone is 1. The normalized spacial score (nSPS) is 20.9. The molecule has 6 rings (SSSR count). The zero-order valence-electron chi connectivity index (χ0n) is 19.3. The predicted molar refractivity (Wildman–Crippen MR) is 146 cm³/mol. The van der Waals surface area contributed by atoms with Gasteiger partial charge in [-0.3, -0.25) is 0 Å². The van der Waals surface area contributed by atoms with E-state index in [9.17, 15) is 0 Å². The molecule has 0 spiro atoms. The van der Waals surface area contributed by atoms with E-state index >= 15 is 0 Å². The average molecular weight is 475 g/mol. The number of aliphatic imine (C=N–C) groups is 2. The fraction of sp³-hybridized carbons (Fsp3) is 0.0968. The second-order valence-electron chi connectivity index (χ2n) is 8.82. The highest BCUT2D eigenvalue weighted by molar-refractivity contribution is 6.33. The molecule has 4 aromatic carbocycles. The minimum absolute atomic E-state index is 0.137. The van der Waals surface area contributed by atoms with Gasteiger partial charge < -0.3 is 4.42 Å². The van der Waals surface area contributed by atoms with Crippen LogP contribution in [0.4, 0.5) is 0 Å². The molecule has 1 aliphatic heterocycles. The van der Waals surface area contributed by atoms with Gasteiger partial charge in [-0.15, -0.1) is 0 Å². The van der Waals surface area contributed by atoms with Gasteiger partial charge in [0, 0.05) is 38.9 Å². The number of hydrogen-bond acceptors (Lipinski definition) is 3. The van der Waals surface area contributed by atoms with E-state index in [1.165, 1.54) is 0 Å². The molecule has 0 bridgehead atoms. The molecule has 0 aliphatic carbocycles. The maximum absolute atomic E-state index is 6.59. The topological polar surface area (TPSA) is 37.9 Å². The van der Waals surface area contributed by atoms with E-state index in [1.807, 2.05) is 66.7 Å². The molecular formula is C31H23ClN2O. The Morgan fingerprint density at radius 1 is 0.771 bits per heavy atom. The van der Waals surface area contributed by atoms with Crippen molar-refractivity contribution in [3.05, 3.63) is 125 Å². The molecule has 0 radical (unpaired) electrons. The molecule has 0 saturated heterocycles. The SMILES string of the molecule is CC1C/C=C(c2ccccc2)/N=C(c2ccccc2)\N=C/1c1cc(Cl)cc2oc3ccccc3c12. The molecule has 1 unspecified atom stereocenters. The van der Waals surface area contributed by atoms with Crippen LogP contribution in [-0.2, 0) is 0 Å². The average Bonchev–Trinajstić information content (AvgIpc) is 3.26. The first kappa shape index (κ1) is 21.6. The Balaban J connectivity index is 1.61. The molecule has 0 N–H and O–H groups in total. The van der Waals surface area contributed by atoms with Gasteiger partial charge in [0.25, 0.3) is 0 Å². The van der Waals surface area contributed by atoms with Crippen molar-refractivity contribution in [2.24, 2.45) is 15.9 Å². The highest BCUT2D eigenvalue weighted by atomic mass is 35.5. The van der Waals surface area contributed by atoms with Crippen molar-refractivity contribution in [2.45, 2.75) is 13.3 Å². The summed E-state index contributed by atoms with van der Waals surface area (Å²) in [6.07, 6.45) is 3.02. The molecule has 4 heteroatoms. The van der Waals surface area contributed by atoms with Gasteiger partial charge >= 0.3 is 0 Å². The molecule has 170 valence electrons. The molecule has 0 amide bonds. The third kappa shape index (κ3) is 4.09. The Labute approximate surface area is 209 Å². The number of fused-ring (bicyclic) bond motifs is 3. The lowest BCUT2D eigenvalue weighted by Gasteiger charge is -2.19. The van der Waals surface area contributed by atoms with E-state index < -0.39 is 0 Å². The largest absolute Gasteiger partial charge is 0.456 e. The monoisotopic (exact) mass is 474 g/mol. The lowest BCUT2D eigenvalue weighted by Crippen LogP contribution is -2.17. The van der Waals surface area contributed by atoms with E-state index in [-0.39, 0.29) is 5.92 Å². The highest BCUT2D eigenvalue weighted by Gasteiger charge is 2.22. The minimum atomic E-state index is 0.137. The van der Waals surface area contributed by atoms with Gasteiger partial charge in [0.15, 0.2) is 5.84 Å². The summed E-state index contributed by atoms with van der Waals surface area (Å²) in [5.74, 6) is 0.821. The van der Waals surface area contributed by atoms with Gasteiger partial charge in [0.2, 0.25) is 0 Å². The Morgan fingerprint density at radius 2 is 1.46 bits per heavy atom. The third-order valence-corrected chi connectivity index (χ3v) is 6.62. The van der Waals surface area contributed by atoms with Crippen molar-refractivity contribution in [1.29, 1.82) is 0 Å². The van der Waals surface area contributed by atoms with Crippen LogP contribution in [0.25, 0.3) is 27.6 Å². The van der Waals surface area contributed by atoms with Crippen LogP contribution in [0.3, 0.4) is 0 Å². The summed E-state index contributed by atoms with van der Waals surface area (Å²) in [6.45, 7) is 2.21. The summed E-state index contributed by atoms with van der Waals surface area (Å²) in [7, 11) is 0. The number of halogens is 1. The zero-order chi connectivity index (χ0) is 23.8. The quantitative estimate of drug-likeness (QED) is 0.258. The van der Waals surface area contributed by atoms with Gasteiger partial charge in [-0.2, -0.15) is 0 Å². The molecule has 2 heterocycles. The number of amidine groups is 1. The smallest absolute Gasteiger partial charge is 0.160 e. The molecule has 5 aromatic rings. The van der Waals surface area contributed by atoms with E-state index in [0.29, 0.717) is 10.9 Å². The first-order chi connectivity index (χ1) is 17.2. The van der Waals surface area contributed by atoms with E-state index in [1.54, 1.807) is 0 Å². The summed E-state index contributed by atoms with van der Waals surface area (Å²) in [4.78, 5) is 10.3. The second-order valence-corrected chi connectivity index (χ2v) is 9.25. The third-order valence-electron chi connectivity index (χ3n) is 6.40. The van der Waals surface area contributed by atoms with Crippen LogP contribution in [0.15, 0.2) is 118 Å². The zero-order valence-corrected chi connectivity index (χ0v) is 20.0. The molecule has 1 aliphatic rings. The van der Waals surface area contributed by atoms with Crippen molar-refractivity contribution in [3.8, 4) is 0 Å². The van der Waals surface area contributed by atoms with Crippen molar-refractivity contribution < 1.29 is 4.42 Å². The second kappa shape index (κ2) is 9.01. The Bertz CT molecular complexity index is 1630. The van der Waals surface area contributed by atoms with Gasteiger partial charge in [-0.25, -0.2) is 9.98 Å². The molecule has 1 atom stereocenters. The summed E-state index contributed by atoms with van der Waals surface area (Å²) in [5, 5.41) is 2.72. The standard InChI is InChI=1S/C31H23ClN2O/c1-20-16-17-26(21-10-4-2-5-11-21)33-31(22-12-6-3-7-13-22)34-30(20)25-18-23(32)19-28-29(25)24-14-8-9-15-27(24)35-28/h2-15,17-20H,16H2,1H3/b26-17+,33-31-,34-30+. The van der Waals surface area contributed by atoms with Crippen LogP contribution in [-0.4, -0.2) is 11.5 Å². The van der Waals surface area contributed by atoms with Gasteiger partial charge in [-0.05, 0) is 24.1 Å². The van der Waals surface area contributed by atoms with Crippen LogP contribution >= 0.6 is 11.6 Å². The highest BCUT2D eigenvalue weighted by Crippen LogP contribution is 2.36. The van der Waals surface area contributed by atoms with Crippen molar-refractivity contribution in [3.63, 3.8) is 0 Å².